The van der Waals surface area contributed by atoms with Gasteiger partial charge in [-0.05, 0) is 59.0 Å². The van der Waals surface area contributed by atoms with Crippen molar-refractivity contribution in [1.82, 2.24) is 4.98 Å². The largest absolute Gasteiger partial charge is 0.381 e. The summed E-state index contributed by atoms with van der Waals surface area (Å²) in [7, 11) is 1.70. The van der Waals surface area contributed by atoms with Crippen LogP contribution in [0.4, 0.5) is 5.69 Å². The number of hydrogen-bond donors (Lipinski definition) is 1. The molecular formula is C17H27BrN2O. The topological polar surface area (TPSA) is 34.1 Å². The number of pyridine rings is 1. The second kappa shape index (κ2) is 7.10. The first-order chi connectivity index (χ1) is 9.91. The summed E-state index contributed by atoms with van der Waals surface area (Å²) in [5, 5.41) is 3.68. The van der Waals surface area contributed by atoms with E-state index in [1.807, 2.05) is 12.3 Å². The van der Waals surface area contributed by atoms with Crippen molar-refractivity contribution in [3.05, 3.63) is 22.4 Å². The minimum atomic E-state index is 0.438. The first-order valence-corrected chi connectivity index (χ1v) is 8.60. The van der Waals surface area contributed by atoms with Crippen LogP contribution in [0.5, 0.6) is 0 Å². The molecule has 1 aromatic heterocycles. The Kier molecular flexibility index (Phi) is 5.67. The molecule has 0 unspecified atom stereocenters. The molecule has 3 nitrogen and oxygen atoms in total. The minimum absolute atomic E-state index is 0.438. The number of anilines is 1. The Morgan fingerprint density at radius 1 is 1.29 bits per heavy atom. The molecule has 1 saturated carbocycles. The van der Waals surface area contributed by atoms with Crippen LogP contribution in [0.2, 0.25) is 0 Å². The summed E-state index contributed by atoms with van der Waals surface area (Å²) in [6.07, 6.45) is 6.97. The highest BCUT2D eigenvalue weighted by Crippen LogP contribution is 2.39. The number of hydrogen-bond acceptors (Lipinski definition) is 3. The standard InChI is InChI=1S/C17H27BrN2O/c1-17(2,3)12-5-7-13(8-6-12)20-14-9-10-19-15(11-21-4)16(14)18/h9-10,12-13H,5-8,11H2,1-4H3,(H,19,20). The Balaban J connectivity index is 1.96. The maximum Gasteiger partial charge on any atom is 0.0896 e. The minimum Gasteiger partial charge on any atom is -0.381 e. The third-order valence-corrected chi connectivity index (χ3v) is 5.44. The second-order valence-corrected chi connectivity index (χ2v) is 7.90. The summed E-state index contributed by atoms with van der Waals surface area (Å²) in [6.45, 7) is 7.62. The van der Waals surface area contributed by atoms with Gasteiger partial charge < -0.3 is 10.1 Å². The van der Waals surface area contributed by atoms with Crippen LogP contribution in [0.1, 0.15) is 52.1 Å². The van der Waals surface area contributed by atoms with Gasteiger partial charge in [0.05, 0.1) is 22.5 Å². The Labute approximate surface area is 137 Å². The molecule has 0 saturated heterocycles. The first-order valence-electron chi connectivity index (χ1n) is 7.80. The van der Waals surface area contributed by atoms with Crippen LogP contribution >= 0.6 is 15.9 Å². The van der Waals surface area contributed by atoms with Crippen molar-refractivity contribution in [3.63, 3.8) is 0 Å². The maximum absolute atomic E-state index is 5.18. The molecule has 0 bridgehead atoms. The van der Waals surface area contributed by atoms with Crippen molar-refractivity contribution in [3.8, 4) is 0 Å². The van der Waals surface area contributed by atoms with E-state index < -0.39 is 0 Å². The Morgan fingerprint density at radius 2 is 1.95 bits per heavy atom. The molecule has 1 aromatic rings. The van der Waals surface area contributed by atoms with E-state index in [0.29, 0.717) is 18.1 Å². The summed E-state index contributed by atoms with van der Waals surface area (Å²) in [5.74, 6) is 0.848. The quantitative estimate of drug-likeness (QED) is 0.825. The lowest BCUT2D eigenvalue weighted by molar-refractivity contribution is 0.173. The van der Waals surface area contributed by atoms with Crippen LogP contribution in [0, 0.1) is 11.3 Å². The monoisotopic (exact) mass is 354 g/mol. The zero-order chi connectivity index (χ0) is 15.5. The fraction of sp³-hybridized carbons (Fsp3) is 0.706. The molecule has 0 radical (unpaired) electrons. The maximum atomic E-state index is 5.18. The van der Waals surface area contributed by atoms with Crippen LogP contribution in [-0.4, -0.2) is 18.1 Å². The molecule has 2 rings (SSSR count). The van der Waals surface area contributed by atoms with Crippen molar-refractivity contribution in [2.45, 2.75) is 59.1 Å². The highest BCUT2D eigenvalue weighted by molar-refractivity contribution is 9.10. The lowest BCUT2D eigenvalue weighted by atomic mass is 9.71. The third-order valence-electron chi connectivity index (χ3n) is 4.55. The zero-order valence-electron chi connectivity index (χ0n) is 13.6. The normalized spacial score (nSPS) is 23.1. The van der Waals surface area contributed by atoms with Crippen molar-refractivity contribution in [2.24, 2.45) is 11.3 Å². The molecule has 21 heavy (non-hydrogen) atoms. The van der Waals surface area contributed by atoms with Gasteiger partial charge in [0.15, 0.2) is 0 Å². The summed E-state index contributed by atoms with van der Waals surface area (Å²) < 4.78 is 6.22. The van der Waals surface area contributed by atoms with Crippen LogP contribution in [0.25, 0.3) is 0 Å². The van der Waals surface area contributed by atoms with Crippen molar-refractivity contribution in [1.29, 1.82) is 0 Å². The fourth-order valence-corrected chi connectivity index (χ4v) is 3.62. The smallest absolute Gasteiger partial charge is 0.0896 e. The molecule has 0 spiro atoms. The number of methoxy groups -OCH3 is 1. The number of halogens is 1. The van der Waals surface area contributed by atoms with Crippen molar-refractivity contribution in [2.75, 3.05) is 12.4 Å². The van der Waals surface area contributed by atoms with Gasteiger partial charge in [-0.1, -0.05) is 20.8 Å². The second-order valence-electron chi connectivity index (χ2n) is 7.11. The summed E-state index contributed by atoms with van der Waals surface area (Å²) in [6, 6.07) is 2.61. The third kappa shape index (κ3) is 4.43. The molecule has 118 valence electrons. The fourth-order valence-electron chi connectivity index (χ4n) is 3.16. The SMILES string of the molecule is COCc1nccc(NC2CCC(C(C)(C)C)CC2)c1Br. The van der Waals surface area contributed by atoms with Gasteiger partial charge in [0.2, 0.25) is 0 Å². The average Bonchev–Trinajstić information content (AvgIpc) is 2.43. The van der Waals surface area contributed by atoms with Gasteiger partial charge in [0, 0.05) is 19.3 Å². The van der Waals surface area contributed by atoms with Crippen LogP contribution in [0.15, 0.2) is 16.7 Å². The number of aromatic nitrogens is 1. The van der Waals surface area contributed by atoms with E-state index in [1.54, 1.807) is 7.11 Å². The highest BCUT2D eigenvalue weighted by atomic mass is 79.9. The lowest BCUT2D eigenvalue weighted by Gasteiger charge is -2.37. The Bertz CT molecular complexity index is 462. The van der Waals surface area contributed by atoms with Gasteiger partial charge in [0.25, 0.3) is 0 Å². The molecular weight excluding hydrogens is 328 g/mol. The molecule has 1 aliphatic rings. The molecule has 0 atom stereocenters. The van der Waals surface area contributed by atoms with E-state index >= 15 is 0 Å². The van der Waals surface area contributed by atoms with E-state index in [1.165, 1.54) is 25.7 Å². The summed E-state index contributed by atoms with van der Waals surface area (Å²) >= 11 is 3.65. The summed E-state index contributed by atoms with van der Waals surface area (Å²) in [5.41, 5.74) is 2.52. The number of nitrogens with zero attached hydrogens (tertiary/aromatic N) is 1. The van der Waals surface area contributed by atoms with E-state index in [2.05, 4.69) is 47.0 Å². The van der Waals surface area contributed by atoms with Crippen molar-refractivity contribution < 1.29 is 4.74 Å². The van der Waals surface area contributed by atoms with Gasteiger partial charge >= 0.3 is 0 Å². The first kappa shape index (κ1) is 16.8. The Morgan fingerprint density at radius 3 is 2.52 bits per heavy atom. The van der Waals surface area contributed by atoms with E-state index in [0.717, 1.165) is 21.8 Å². The van der Waals surface area contributed by atoms with Gasteiger partial charge in [-0.15, -0.1) is 0 Å². The molecule has 0 amide bonds. The molecule has 0 aliphatic heterocycles. The predicted molar refractivity (Wildman–Crippen MR) is 91.5 cm³/mol. The summed E-state index contributed by atoms with van der Waals surface area (Å²) in [4.78, 5) is 4.35. The van der Waals surface area contributed by atoms with Crippen molar-refractivity contribution >= 4 is 21.6 Å². The molecule has 1 heterocycles. The predicted octanol–water partition coefficient (Wildman–Crippen LogP) is 5.01. The zero-order valence-corrected chi connectivity index (χ0v) is 15.2. The number of nitrogens with one attached hydrogen (secondary N) is 1. The average molecular weight is 355 g/mol. The molecule has 0 aromatic carbocycles. The molecule has 1 N–H and O–H groups in total. The van der Waals surface area contributed by atoms with Gasteiger partial charge in [0.1, 0.15) is 0 Å². The molecule has 4 heteroatoms. The van der Waals surface area contributed by atoms with Crippen LogP contribution < -0.4 is 5.32 Å². The molecule has 1 fully saturated rings. The lowest BCUT2D eigenvalue weighted by Crippen LogP contribution is -2.31. The van der Waals surface area contributed by atoms with Gasteiger partial charge in [-0.25, -0.2) is 0 Å². The van der Waals surface area contributed by atoms with Crippen LogP contribution in [0.3, 0.4) is 0 Å². The number of rotatable bonds is 4. The van der Waals surface area contributed by atoms with Gasteiger partial charge in [-0.2, -0.15) is 0 Å². The van der Waals surface area contributed by atoms with E-state index in [-0.39, 0.29) is 0 Å². The van der Waals surface area contributed by atoms with E-state index in [4.69, 9.17) is 4.74 Å². The Hall–Kier alpha value is -0.610. The van der Waals surface area contributed by atoms with E-state index in [9.17, 15) is 0 Å². The van der Waals surface area contributed by atoms with Gasteiger partial charge in [-0.3, -0.25) is 4.98 Å². The number of ether oxygens (including phenoxy) is 1. The molecule has 1 aliphatic carbocycles. The van der Waals surface area contributed by atoms with Crippen LogP contribution in [-0.2, 0) is 11.3 Å². The highest BCUT2D eigenvalue weighted by Gasteiger charge is 2.29.